The molecule has 0 aliphatic carbocycles. The van der Waals surface area contributed by atoms with E-state index < -0.39 is 0 Å². The van der Waals surface area contributed by atoms with E-state index in [4.69, 9.17) is 11.6 Å². The number of halogens is 2. The van der Waals surface area contributed by atoms with Gasteiger partial charge >= 0.3 is 0 Å². The van der Waals surface area contributed by atoms with E-state index in [9.17, 15) is 4.39 Å². The molecule has 0 saturated carbocycles. The van der Waals surface area contributed by atoms with E-state index in [2.05, 4.69) is 15.2 Å². The maximum atomic E-state index is 14.2. The Morgan fingerprint density at radius 1 is 1.33 bits per heavy atom. The molecule has 2 heterocycles. The minimum absolute atomic E-state index is 0.172. The molecule has 0 unspecified atom stereocenters. The average molecular weight is 344 g/mol. The third kappa shape index (κ3) is 3.81. The summed E-state index contributed by atoms with van der Waals surface area (Å²) in [4.78, 5) is 7.12. The van der Waals surface area contributed by atoms with Gasteiger partial charge < -0.3 is 10.2 Å². The monoisotopic (exact) mass is 343 g/mol. The van der Waals surface area contributed by atoms with Crippen LogP contribution in [0.15, 0.2) is 24.4 Å². The van der Waals surface area contributed by atoms with Gasteiger partial charge in [0.15, 0.2) is 4.47 Å². The van der Waals surface area contributed by atoms with Gasteiger partial charge in [0.2, 0.25) is 0 Å². The predicted molar refractivity (Wildman–Crippen MR) is 90.4 cm³/mol. The minimum Gasteiger partial charge on any atom is -0.380 e. The number of benzene rings is 1. The fraction of sp³-hybridized carbons (Fsp3) is 0.357. The fourth-order valence-corrected chi connectivity index (χ4v) is 4.05. The van der Waals surface area contributed by atoms with Crippen LogP contribution in [0, 0.1) is 5.82 Å². The molecule has 1 aromatic heterocycles. The molecule has 3 nitrogen and oxygen atoms in total. The van der Waals surface area contributed by atoms with E-state index in [1.807, 2.05) is 23.9 Å². The van der Waals surface area contributed by atoms with Crippen LogP contribution in [0.1, 0.15) is 4.88 Å². The topological polar surface area (TPSA) is 28.2 Å². The van der Waals surface area contributed by atoms with Gasteiger partial charge in [-0.15, -0.1) is 11.3 Å². The molecule has 1 saturated heterocycles. The van der Waals surface area contributed by atoms with Crippen LogP contribution in [-0.2, 0) is 6.54 Å². The first kappa shape index (κ1) is 14.9. The number of aromatic nitrogens is 1. The number of hydrogen-bond acceptors (Lipinski definition) is 5. The summed E-state index contributed by atoms with van der Waals surface area (Å²) in [5, 5.41) is 3.19. The summed E-state index contributed by atoms with van der Waals surface area (Å²) in [5.74, 6) is 1.95. The van der Waals surface area contributed by atoms with Gasteiger partial charge in [-0.25, -0.2) is 9.37 Å². The first-order valence-corrected chi connectivity index (χ1v) is 9.03. The maximum Gasteiger partial charge on any atom is 0.183 e. The van der Waals surface area contributed by atoms with E-state index in [0.717, 1.165) is 35.2 Å². The lowest BCUT2D eigenvalue weighted by Gasteiger charge is -2.29. The molecule has 1 N–H and O–H groups in total. The first-order chi connectivity index (χ1) is 10.2. The van der Waals surface area contributed by atoms with E-state index in [1.165, 1.54) is 11.3 Å². The van der Waals surface area contributed by atoms with Crippen molar-refractivity contribution in [1.29, 1.82) is 0 Å². The molecule has 1 aliphatic rings. The Balaban J connectivity index is 1.65. The van der Waals surface area contributed by atoms with Crippen LogP contribution in [0.25, 0.3) is 0 Å². The molecule has 1 fully saturated rings. The van der Waals surface area contributed by atoms with Gasteiger partial charge in [0.05, 0.1) is 12.2 Å². The summed E-state index contributed by atoms with van der Waals surface area (Å²) in [6, 6.07) is 5.33. The zero-order valence-electron chi connectivity index (χ0n) is 11.3. The van der Waals surface area contributed by atoms with E-state index in [-0.39, 0.29) is 5.82 Å². The molecule has 112 valence electrons. The summed E-state index contributed by atoms with van der Waals surface area (Å²) < 4.78 is 14.8. The summed E-state index contributed by atoms with van der Waals surface area (Å²) in [7, 11) is 0. The van der Waals surface area contributed by atoms with Crippen LogP contribution in [0.4, 0.5) is 15.8 Å². The highest BCUT2D eigenvalue weighted by atomic mass is 35.5. The quantitative estimate of drug-likeness (QED) is 0.904. The molecule has 0 spiro atoms. The van der Waals surface area contributed by atoms with Crippen molar-refractivity contribution in [3.05, 3.63) is 39.6 Å². The summed E-state index contributed by atoms with van der Waals surface area (Å²) in [6.45, 7) is 2.42. The maximum absolute atomic E-state index is 14.2. The molecule has 0 atom stereocenters. The predicted octanol–water partition coefficient (Wildman–Crippen LogP) is 4.10. The van der Waals surface area contributed by atoms with Crippen LogP contribution in [0.3, 0.4) is 0 Å². The summed E-state index contributed by atoms with van der Waals surface area (Å²) in [6.07, 6.45) is 1.73. The van der Waals surface area contributed by atoms with Crippen molar-refractivity contribution in [3.8, 4) is 0 Å². The lowest BCUT2D eigenvalue weighted by Crippen LogP contribution is -2.33. The number of thiazole rings is 1. The largest absolute Gasteiger partial charge is 0.380 e. The van der Waals surface area contributed by atoms with Crippen LogP contribution < -0.4 is 10.2 Å². The molecule has 7 heteroatoms. The van der Waals surface area contributed by atoms with Crippen LogP contribution in [0.2, 0.25) is 4.47 Å². The molecule has 0 radical (unpaired) electrons. The Bertz CT molecular complexity index is 614. The standard InChI is InChI=1S/C14H15ClFN3S2/c15-14-18-9-11(21-14)8-17-10-1-2-13(12(16)7-10)19-3-5-20-6-4-19/h1-2,7,9,17H,3-6,8H2. The second kappa shape index (κ2) is 6.85. The van der Waals surface area contributed by atoms with Crippen molar-refractivity contribution >= 4 is 46.1 Å². The van der Waals surface area contributed by atoms with Gasteiger partial charge in [-0.3, -0.25) is 0 Å². The molecular weight excluding hydrogens is 329 g/mol. The van der Waals surface area contributed by atoms with Crippen molar-refractivity contribution in [1.82, 2.24) is 4.98 Å². The molecule has 0 bridgehead atoms. The van der Waals surface area contributed by atoms with Gasteiger partial charge in [-0.1, -0.05) is 11.6 Å². The fourth-order valence-electron chi connectivity index (χ4n) is 2.23. The lowest BCUT2D eigenvalue weighted by atomic mass is 10.2. The third-order valence-corrected chi connectivity index (χ3v) is 5.35. The van der Waals surface area contributed by atoms with Crippen molar-refractivity contribution in [2.45, 2.75) is 6.54 Å². The van der Waals surface area contributed by atoms with Crippen LogP contribution >= 0.6 is 34.7 Å². The number of nitrogens with zero attached hydrogens (tertiary/aromatic N) is 2. The normalized spacial score (nSPS) is 15.2. The molecule has 3 rings (SSSR count). The van der Waals surface area contributed by atoms with Crippen LogP contribution in [-0.4, -0.2) is 29.6 Å². The second-order valence-electron chi connectivity index (χ2n) is 4.70. The average Bonchev–Trinajstić information content (AvgIpc) is 2.92. The first-order valence-electron chi connectivity index (χ1n) is 6.69. The highest BCUT2D eigenvalue weighted by Crippen LogP contribution is 2.26. The SMILES string of the molecule is Fc1cc(NCc2cnc(Cl)s2)ccc1N1CCSCC1. The second-order valence-corrected chi connectivity index (χ2v) is 7.62. The highest BCUT2D eigenvalue weighted by Gasteiger charge is 2.15. The Kier molecular flexibility index (Phi) is 4.87. The Hall–Kier alpha value is -0.980. The zero-order chi connectivity index (χ0) is 14.7. The van der Waals surface area contributed by atoms with Crippen molar-refractivity contribution in [3.63, 3.8) is 0 Å². The Morgan fingerprint density at radius 3 is 2.81 bits per heavy atom. The number of nitrogens with one attached hydrogen (secondary N) is 1. The Morgan fingerprint density at radius 2 is 2.14 bits per heavy atom. The molecule has 21 heavy (non-hydrogen) atoms. The van der Waals surface area contributed by atoms with Gasteiger partial charge in [-0.05, 0) is 18.2 Å². The van der Waals surface area contributed by atoms with E-state index in [0.29, 0.717) is 16.7 Å². The third-order valence-electron chi connectivity index (χ3n) is 3.29. The van der Waals surface area contributed by atoms with Crippen molar-refractivity contribution in [2.75, 3.05) is 34.8 Å². The van der Waals surface area contributed by atoms with E-state index >= 15 is 0 Å². The van der Waals surface area contributed by atoms with Gasteiger partial charge in [0.25, 0.3) is 0 Å². The van der Waals surface area contributed by atoms with Gasteiger partial charge in [-0.2, -0.15) is 11.8 Å². The zero-order valence-corrected chi connectivity index (χ0v) is 13.7. The molecule has 2 aromatic rings. The number of thioether (sulfide) groups is 1. The Labute approximate surface area is 136 Å². The smallest absolute Gasteiger partial charge is 0.183 e. The van der Waals surface area contributed by atoms with Crippen molar-refractivity contribution < 1.29 is 4.39 Å². The van der Waals surface area contributed by atoms with E-state index in [1.54, 1.807) is 12.3 Å². The van der Waals surface area contributed by atoms with Crippen LogP contribution in [0.5, 0.6) is 0 Å². The number of anilines is 2. The molecule has 1 aromatic carbocycles. The number of hydrogen-bond donors (Lipinski definition) is 1. The minimum atomic E-state index is -0.172. The molecule has 1 aliphatic heterocycles. The lowest BCUT2D eigenvalue weighted by molar-refractivity contribution is 0.620. The molecule has 0 amide bonds. The summed E-state index contributed by atoms with van der Waals surface area (Å²) in [5.41, 5.74) is 1.47. The summed E-state index contributed by atoms with van der Waals surface area (Å²) >= 11 is 9.13. The van der Waals surface area contributed by atoms with Gasteiger partial charge in [0.1, 0.15) is 5.82 Å². The van der Waals surface area contributed by atoms with Gasteiger partial charge in [0, 0.05) is 41.4 Å². The highest BCUT2D eigenvalue weighted by molar-refractivity contribution is 7.99. The number of rotatable bonds is 4. The molecular formula is C14H15ClFN3S2. The van der Waals surface area contributed by atoms with Crippen molar-refractivity contribution in [2.24, 2.45) is 0 Å².